The topological polar surface area (TPSA) is 216 Å². The largest absolute Gasteiger partial charge is 0.493 e. The number of nitrogens with zero attached hydrogens (tertiary/aromatic N) is 1. The van der Waals surface area contributed by atoms with Crippen molar-refractivity contribution in [3.05, 3.63) is 71.0 Å². The average molecular weight is 682 g/mol. The van der Waals surface area contributed by atoms with Gasteiger partial charge in [-0.1, -0.05) is 36.4 Å². The summed E-state index contributed by atoms with van der Waals surface area (Å²) in [6.07, 6.45) is -6.20. The molecule has 15 heteroatoms. The number of aliphatic hydroxyl groups is 2. The SMILES string of the molecule is COc1ccc2c3c1O[C@@H]1C(OC(=O)[C@@H](O)CC(=O)O[C@H](C(=O)O[C@@H](CC(=O)O)C(=O)O)c4ccccc4)=CC[C@]4(O)[C@H](C2)N(C)CC[C@@]314. The van der Waals surface area contributed by atoms with E-state index in [0.29, 0.717) is 30.9 Å². The summed E-state index contributed by atoms with van der Waals surface area (Å²) in [5.41, 5.74) is -0.388. The summed E-state index contributed by atoms with van der Waals surface area (Å²) in [6, 6.07) is 10.9. The fourth-order valence-corrected chi connectivity index (χ4v) is 7.61. The zero-order chi connectivity index (χ0) is 35.2. The monoisotopic (exact) mass is 681 g/mol. The van der Waals surface area contributed by atoms with E-state index in [1.54, 1.807) is 18.2 Å². The Morgan fingerprint density at radius 2 is 1.76 bits per heavy atom. The highest BCUT2D eigenvalue weighted by Gasteiger charge is 2.72. The Labute approximate surface area is 279 Å². The lowest BCUT2D eigenvalue weighted by Crippen LogP contribution is -2.74. The number of benzene rings is 2. The minimum Gasteiger partial charge on any atom is -0.493 e. The third-order valence-corrected chi connectivity index (χ3v) is 9.87. The lowest BCUT2D eigenvalue weighted by molar-refractivity contribution is -0.181. The molecule has 1 fully saturated rings. The number of aliphatic carboxylic acids is 2. The van der Waals surface area contributed by atoms with Crippen molar-refractivity contribution in [3.8, 4) is 11.5 Å². The first kappa shape index (κ1) is 33.9. The Balaban J connectivity index is 1.19. The molecule has 6 rings (SSSR count). The summed E-state index contributed by atoms with van der Waals surface area (Å²) < 4.78 is 27.7. The molecule has 0 unspecified atom stereocenters. The molecule has 2 aliphatic heterocycles. The summed E-state index contributed by atoms with van der Waals surface area (Å²) in [5, 5.41) is 41.3. The second-order valence-corrected chi connectivity index (χ2v) is 12.6. The van der Waals surface area contributed by atoms with Crippen molar-refractivity contribution < 1.29 is 68.1 Å². The highest BCUT2D eigenvalue weighted by molar-refractivity contribution is 5.87. The zero-order valence-corrected chi connectivity index (χ0v) is 26.6. The van der Waals surface area contributed by atoms with Crippen molar-refractivity contribution in [2.45, 2.75) is 73.6 Å². The van der Waals surface area contributed by atoms with Gasteiger partial charge in [0.1, 0.15) is 5.76 Å². The third kappa shape index (κ3) is 5.66. The highest BCUT2D eigenvalue weighted by atomic mass is 16.6. The Morgan fingerprint density at radius 1 is 1.02 bits per heavy atom. The van der Waals surface area contributed by atoms with E-state index in [1.165, 1.54) is 31.4 Å². The molecule has 15 nitrogen and oxygen atoms in total. The van der Waals surface area contributed by atoms with Crippen LogP contribution in [0, 0.1) is 0 Å². The van der Waals surface area contributed by atoms with Gasteiger partial charge in [0.25, 0.3) is 0 Å². The molecule has 0 amide bonds. The number of carboxylic acids is 2. The first-order chi connectivity index (χ1) is 23.3. The van der Waals surface area contributed by atoms with E-state index in [-0.39, 0.29) is 23.8 Å². The minimum absolute atomic E-state index is 0.0559. The standard InChI is InChI=1S/C34H35NO14/c1-35-13-12-33-26-18-8-9-20(45-2)28(26)49-29(33)21(10-11-34(33,44)23(35)14-18)46-31(42)19(36)15-25(39)48-27(17-6-4-3-5-7-17)32(43)47-22(30(40)41)16-24(37)38/h3-10,19,22-23,27,29,36,44H,11-16H2,1-2H3,(H,37,38)(H,40,41)/t19-,22-,23-,27-,29+,33+,34-/m0/s1. The molecule has 0 aromatic heterocycles. The number of carbonyl (C=O) groups excluding carboxylic acids is 3. The zero-order valence-electron chi connectivity index (χ0n) is 26.6. The van der Waals surface area contributed by atoms with Gasteiger partial charge in [-0.15, -0.1) is 0 Å². The molecule has 2 bridgehead atoms. The Kier molecular flexibility index (Phi) is 8.85. The van der Waals surface area contributed by atoms with Gasteiger partial charge in [-0.25, -0.2) is 14.4 Å². The first-order valence-electron chi connectivity index (χ1n) is 15.6. The quantitative estimate of drug-likeness (QED) is 0.182. The summed E-state index contributed by atoms with van der Waals surface area (Å²) in [7, 11) is 3.45. The van der Waals surface area contributed by atoms with E-state index in [1.807, 2.05) is 13.1 Å². The molecular weight excluding hydrogens is 646 g/mol. The van der Waals surface area contributed by atoms with Crippen molar-refractivity contribution in [2.24, 2.45) is 0 Å². The van der Waals surface area contributed by atoms with E-state index in [9.17, 15) is 39.3 Å². The van der Waals surface area contributed by atoms with Crippen LogP contribution in [0.15, 0.2) is 54.3 Å². The number of rotatable bonds is 12. The number of likely N-dealkylation sites (tertiary alicyclic amines) is 1. The van der Waals surface area contributed by atoms with Crippen molar-refractivity contribution in [1.29, 1.82) is 0 Å². The van der Waals surface area contributed by atoms with Crippen LogP contribution in [0.2, 0.25) is 0 Å². The Morgan fingerprint density at radius 3 is 2.43 bits per heavy atom. The van der Waals surface area contributed by atoms with Gasteiger partial charge in [0, 0.05) is 23.6 Å². The molecule has 260 valence electrons. The number of aliphatic hydroxyl groups excluding tert-OH is 1. The summed E-state index contributed by atoms with van der Waals surface area (Å²) in [6.45, 7) is 0.632. The number of likely N-dealkylation sites (N-methyl/N-ethyl adjacent to an activating group) is 1. The summed E-state index contributed by atoms with van der Waals surface area (Å²) >= 11 is 0. The van der Waals surface area contributed by atoms with E-state index < -0.39 is 78.1 Å². The van der Waals surface area contributed by atoms with Gasteiger partial charge in [0.2, 0.25) is 12.2 Å². The number of esters is 3. The minimum atomic E-state index is -2.07. The number of methoxy groups -OCH3 is 1. The maximum absolute atomic E-state index is 13.2. The number of piperidine rings is 1. The van der Waals surface area contributed by atoms with E-state index in [4.69, 9.17) is 28.8 Å². The summed E-state index contributed by atoms with van der Waals surface area (Å²) in [5.74, 6) is -6.14. The predicted octanol–water partition coefficient (Wildman–Crippen LogP) is 1.02. The molecule has 2 heterocycles. The maximum atomic E-state index is 13.2. The van der Waals surface area contributed by atoms with Crippen LogP contribution in [0.25, 0.3) is 0 Å². The molecule has 4 aliphatic rings. The fourth-order valence-electron chi connectivity index (χ4n) is 7.61. The molecule has 2 aromatic carbocycles. The molecule has 0 radical (unpaired) electrons. The number of hydrogen-bond acceptors (Lipinski definition) is 13. The first-order valence-corrected chi connectivity index (χ1v) is 15.6. The maximum Gasteiger partial charge on any atom is 0.353 e. The summed E-state index contributed by atoms with van der Waals surface area (Å²) in [4.78, 5) is 63.7. The fraction of sp³-hybridized carbons (Fsp3) is 0.441. The van der Waals surface area contributed by atoms with Crippen LogP contribution in [-0.2, 0) is 50.0 Å². The molecule has 2 aromatic rings. The van der Waals surface area contributed by atoms with E-state index in [0.717, 1.165) is 11.1 Å². The third-order valence-electron chi connectivity index (χ3n) is 9.87. The van der Waals surface area contributed by atoms with Crippen molar-refractivity contribution in [3.63, 3.8) is 0 Å². The smallest absolute Gasteiger partial charge is 0.353 e. The lowest BCUT2D eigenvalue weighted by Gasteiger charge is -2.61. The van der Waals surface area contributed by atoms with Crippen LogP contribution in [0.4, 0.5) is 0 Å². The van der Waals surface area contributed by atoms with Crippen LogP contribution in [0.3, 0.4) is 0 Å². The van der Waals surface area contributed by atoms with Gasteiger partial charge >= 0.3 is 29.8 Å². The molecule has 49 heavy (non-hydrogen) atoms. The van der Waals surface area contributed by atoms with Crippen molar-refractivity contribution >= 4 is 29.8 Å². The molecule has 0 saturated carbocycles. The van der Waals surface area contributed by atoms with Crippen LogP contribution < -0.4 is 9.47 Å². The molecule has 4 N–H and O–H groups in total. The van der Waals surface area contributed by atoms with Gasteiger partial charge in [-0.3, -0.25) is 9.59 Å². The molecule has 1 spiro atoms. The van der Waals surface area contributed by atoms with Crippen molar-refractivity contribution in [2.75, 3.05) is 20.7 Å². The number of carbonyl (C=O) groups is 5. The van der Waals surface area contributed by atoms with Gasteiger partial charge in [0.05, 0.1) is 31.0 Å². The number of carboxylic acid groups (broad SMARTS) is 2. The molecule has 1 saturated heterocycles. The van der Waals surface area contributed by atoms with Crippen LogP contribution in [0.1, 0.15) is 48.5 Å². The highest BCUT2D eigenvalue weighted by Crippen LogP contribution is 2.65. The van der Waals surface area contributed by atoms with Crippen LogP contribution in [-0.4, -0.2) is 106 Å². The second-order valence-electron chi connectivity index (χ2n) is 12.6. The Hall–Kier alpha value is -4.99. The van der Waals surface area contributed by atoms with Crippen molar-refractivity contribution in [1.82, 2.24) is 4.90 Å². The van der Waals surface area contributed by atoms with Crippen LogP contribution in [0.5, 0.6) is 11.5 Å². The molecule has 2 aliphatic carbocycles. The normalized spacial score (nSPS) is 26.5. The second kappa shape index (κ2) is 12.8. The van der Waals surface area contributed by atoms with Gasteiger partial charge in [-0.05, 0) is 44.1 Å². The molecular formula is C34H35NO14. The predicted molar refractivity (Wildman–Crippen MR) is 163 cm³/mol. The van der Waals surface area contributed by atoms with Crippen LogP contribution >= 0.6 is 0 Å². The van der Waals surface area contributed by atoms with Gasteiger partial charge < -0.3 is 49.0 Å². The van der Waals surface area contributed by atoms with E-state index >= 15 is 0 Å². The lowest BCUT2D eigenvalue weighted by atomic mass is 9.50. The van der Waals surface area contributed by atoms with E-state index in [2.05, 4.69) is 4.90 Å². The Bertz CT molecular complexity index is 1720. The molecule has 7 atom stereocenters. The number of ether oxygens (including phenoxy) is 5. The number of hydrogen-bond donors (Lipinski definition) is 4. The van der Waals surface area contributed by atoms with Gasteiger partial charge in [0.15, 0.2) is 23.7 Å². The van der Waals surface area contributed by atoms with Gasteiger partial charge in [-0.2, -0.15) is 0 Å². The average Bonchev–Trinajstić information content (AvgIpc) is 3.42.